The molecule has 5 aromatic rings. The highest BCUT2D eigenvalue weighted by Crippen LogP contribution is 2.35. The predicted molar refractivity (Wildman–Crippen MR) is 169 cm³/mol. The highest BCUT2D eigenvalue weighted by molar-refractivity contribution is 7.99. The summed E-state index contributed by atoms with van der Waals surface area (Å²) in [4.78, 5) is 42.6. The number of rotatable bonds is 11. The molecule has 3 N–H and O–H groups in total. The van der Waals surface area contributed by atoms with Crippen molar-refractivity contribution in [1.82, 2.24) is 19.7 Å². The van der Waals surface area contributed by atoms with E-state index in [0.717, 1.165) is 39.1 Å². The first kappa shape index (κ1) is 29.7. The predicted octanol–water partition coefficient (Wildman–Crippen LogP) is 5.72. The quantitative estimate of drug-likeness (QED) is 0.110. The number of benzene rings is 2. The van der Waals surface area contributed by atoms with E-state index in [4.69, 9.17) is 15.5 Å². The van der Waals surface area contributed by atoms with Crippen LogP contribution >= 0.6 is 23.1 Å². The van der Waals surface area contributed by atoms with Gasteiger partial charge in [0.05, 0.1) is 34.0 Å². The van der Waals surface area contributed by atoms with Crippen molar-refractivity contribution in [3.8, 4) is 22.6 Å². The lowest BCUT2D eigenvalue weighted by molar-refractivity contribution is -0.113. The van der Waals surface area contributed by atoms with Crippen LogP contribution in [-0.4, -0.2) is 49.9 Å². The number of primary amides is 1. The third kappa shape index (κ3) is 6.20. The van der Waals surface area contributed by atoms with E-state index in [9.17, 15) is 14.4 Å². The number of thiophene rings is 1. The minimum Gasteiger partial charge on any atom is -0.462 e. The Labute approximate surface area is 256 Å². The van der Waals surface area contributed by atoms with Crippen LogP contribution in [0.3, 0.4) is 0 Å². The topological polar surface area (TPSA) is 142 Å². The van der Waals surface area contributed by atoms with Gasteiger partial charge in [0.1, 0.15) is 5.00 Å². The molecule has 2 aromatic carbocycles. The zero-order valence-electron chi connectivity index (χ0n) is 23.5. The number of aromatic nitrogens is 4. The lowest BCUT2D eigenvalue weighted by atomic mass is 10.0. The Balaban J connectivity index is 1.44. The number of hydrogen-bond donors (Lipinski definition) is 2. The molecule has 0 unspecified atom stereocenters. The van der Waals surface area contributed by atoms with E-state index in [2.05, 4.69) is 22.1 Å². The fourth-order valence-electron chi connectivity index (χ4n) is 4.58. The maximum Gasteiger partial charge on any atom is 0.341 e. The van der Waals surface area contributed by atoms with E-state index >= 15 is 0 Å². The molecule has 0 aliphatic heterocycles. The Hall–Kier alpha value is -4.81. The summed E-state index contributed by atoms with van der Waals surface area (Å²) in [7, 11) is 0. The number of amides is 2. The van der Waals surface area contributed by atoms with Crippen LogP contribution in [0.5, 0.6) is 0 Å². The Bertz CT molecular complexity index is 1850. The van der Waals surface area contributed by atoms with Gasteiger partial charge in [0.2, 0.25) is 5.91 Å². The van der Waals surface area contributed by atoms with Crippen LogP contribution in [0.15, 0.2) is 78.5 Å². The van der Waals surface area contributed by atoms with Crippen LogP contribution in [0.4, 0.5) is 5.00 Å². The Morgan fingerprint density at radius 1 is 1.12 bits per heavy atom. The maximum atomic E-state index is 13.1. The van der Waals surface area contributed by atoms with Crippen molar-refractivity contribution in [2.24, 2.45) is 5.73 Å². The second-order valence-electron chi connectivity index (χ2n) is 9.33. The first-order valence-electron chi connectivity index (χ1n) is 13.3. The summed E-state index contributed by atoms with van der Waals surface area (Å²) >= 11 is 2.13. The number of fused-ring (bicyclic) bond motifs is 1. The molecular weight excluding hydrogens is 585 g/mol. The average Bonchev–Trinajstić information content (AvgIpc) is 3.56. The Kier molecular flexibility index (Phi) is 8.98. The number of pyridine rings is 1. The van der Waals surface area contributed by atoms with Gasteiger partial charge in [0, 0.05) is 23.1 Å². The summed E-state index contributed by atoms with van der Waals surface area (Å²) in [5.74, 6) is -1.15. The number of para-hydroxylation sites is 1. The van der Waals surface area contributed by atoms with E-state index in [0.29, 0.717) is 23.1 Å². The molecule has 0 spiro atoms. The standard InChI is InChI=1S/C31H28N6O4S2/c1-4-15-37-28(21-16-23(19-11-7-6-8-12-19)33-22-14-10-9-13-20(21)22)35-36-31(37)42-17-24(38)34-29-25(30(40)41-5-2)18(3)26(43-29)27(32)39/h4,6-14,16H,1,5,15,17H2,2-3H3,(H2,32,39)(H,34,38). The van der Waals surface area contributed by atoms with Gasteiger partial charge in [-0.3, -0.25) is 14.2 Å². The van der Waals surface area contributed by atoms with Crippen molar-refractivity contribution >= 4 is 56.8 Å². The van der Waals surface area contributed by atoms with Crippen molar-refractivity contribution in [3.05, 3.63) is 89.3 Å². The second-order valence-corrected chi connectivity index (χ2v) is 11.3. The summed E-state index contributed by atoms with van der Waals surface area (Å²) in [6.45, 7) is 7.72. The van der Waals surface area contributed by atoms with Crippen LogP contribution in [0.2, 0.25) is 0 Å². The summed E-state index contributed by atoms with van der Waals surface area (Å²) in [6.07, 6.45) is 1.74. The molecule has 3 aromatic heterocycles. The van der Waals surface area contributed by atoms with E-state index < -0.39 is 17.8 Å². The average molecular weight is 613 g/mol. The molecule has 2 amide bonds. The van der Waals surface area contributed by atoms with Crippen LogP contribution in [0.1, 0.15) is 32.5 Å². The van der Waals surface area contributed by atoms with Gasteiger partial charge in [0.25, 0.3) is 5.91 Å². The Morgan fingerprint density at radius 3 is 2.58 bits per heavy atom. The van der Waals surface area contributed by atoms with Crippen LogP contribution in [0, 0.1) is 6.92 Å². The number of nitrogens with zero attached hydrogens (tertiary/aromatic N) is 4. The highest BCUT2D eigenvalue weighted by Gasteiger charge is 2.26. The number of nitrogens with one attached hydrogen (secondary N) is 1. The molecule has 0 fully saturated rings. The minimum atomic E-state index is -0.688. The van der Waals surface area contributed by atoms with Gasteiger partial charge in [0.15, 0.2) is 11.0 Å². The molecule has 218 valence electrons. The van der Waals surface area contributed by atoms with Gasteiger partial charge >= 0.3 is 5.97 Å². The minimum absolute atomic E-state index is 0.0350. The number of anilines is 1. The third-order valence-electron chi connectivity index (χ3n) is 6.49. The van der Waals surface area contributed by atoms with Gasteiger partial charge in [-0.25, -0.2) is 9.78 Å². The maximum absolute atomic E-state index is 13.1. The number of carbonyl (C=O) groups excluding carboxylic acids is 3. The third-order valence-corrected chi connectivity index (χ3v) is 8.68. The molecule has 10 nitrogen and oxygen atoms in total. The van der Waals surface area contributed by atoms with Crippen molar-refractivity contribution in [3.63, 3.8) is 0 Å². The van der Waals surface area contributed by atoms with Gasteiger partial charge in [-0.15, -0.1) is 28.1 Å². The second kappa shape index (κ2) is 13.0. The molecule has 3 heterocycles. The summed E-state index contributed by atoms with van der Waals surface area (Å²) in [5, 5.41) is 13.3. The number of ether oxygens (including phenoxy) is 1. The fraction of sp³-hybridized carbons (Fsp3) is 0.161. The van der Waals surface area contributed by atoms with Crippen molar-refractivity contribution in [2.75, 3.05) is 17.7 Å². The molecular formula is C31H28N6O4S2. The molecule has 0 aliphatic carbocycles. The van der Waals surface area contributed by atoms with E-state index in [1.54, 1.807) is 19.9 Å². The monoisotopic (exact) mass is 612 g/mol. The largest absolute Gasteiger partial charge is 0.462 e. The van der Waals surface area contributed by atoms with Gasteiger partial charge < -0.3 is 15.8 Å². The molecule has 0 radical (unpaired) electrons. The van der Waals surface area contributed by atoms with E-state index in [-0.39, 0.29) is 27.8 Å². The smallest absolute Gasteiger partial charge is 0.341 e. The number of nitrogens with two attached hydrogens (primary N) is 1. The van der Waals surface area contributed by atoms with Crippen molar-refractivity contribution in [1.29, 1.82) is 0 Å². The lowest BCUT2D eigenvalue weighted by Crippen LogP contribution is -2.17. The van der Waals surface area contributed by atoms with E-state index in [1.807, 2.05) is 65.2 Å². The lowest BCUT2D eigenvalue weighted by Gasteiger charge is -2.12. The van der Waals surface area contributed by atoms with Gasteiger partial charge in [-0.05, 0) is 31.5 Å². The number of carbonyl (C=O) groups is 3. The molecule has 0 bridgehead atoms. The molecule has 0 saturated carbocycles. The molecule has 12 heteroatoms. The molecule has 5 rings (SSSR count). The van der Waals surface area contributed by atoms with Crippen molar-refractivity contribution < 1.29 is 19.1 Å². The van der Waals surface area contributed by atoms with Crippen LogP contribution in [0.25, 0.3) is 33.5 Å². The van der Waals surface area contributed by atoms with Crippen LogP contribution in [-0.2, 0) is 16.1 Å². The van der Waals surface area contributed by atoms with Crippen molar-refractivity contribution in [2.45, 2.75) is 25.5 Å². The SMILES string of the molecule is C=CCn1c(SCC(=O)Nc2sc(C(N)=O)c(C)c2C(=O)OCC)nnc1-c1cc(-c2ccccc2)nc2ccccc12. The fourth-order valence-corrected chi connectivity index (χ4v) is 6.40. The van der Waals surface area contributed by atoms with Gasteiger partial charge in [-0.1, -0.05) is 66.4 Å². The molecule has 0 atom stereocenters. The number of thioether (sulfide) groups is 1. The zero-order chi connectivity index (χ0) is 30.5. The van der Waals surface area contributed by atoms with Crippen LogP contribution < -0.4 is 11.1 Å². The number of esters is 1. The normalized spacial score (nSPS) is 10.9. The number of allylic oxidation sites excluding steroid dienone is 1. The first-order valence-corrected chi connectivity index (χ1v) is 15.1. The highest BCUT2D eigenvalue weighted by atomic mass is 32.2. The summed E-state index contributed by atoms with van der Waals surface area (Å²) in [6, 6.07) is 19.7. The zero-order valence-corrected chi connectivity index (χ0v) is 25.1. The molecule has 0 aliphatic rings. The molecule has 0 saturated heterocycles. The molecule has 43 heavy (non-hydrogen) atoms. The Morgan fingerprint density at radius 2 is 1.86 bits per heavy atom. The van der Waals surface area contributed by atoms with E-state index in [1.165, 1.54) is 11.8 Å². The van der Waals surface area contributed by atoms with Gasteiger partial charge in [-0.2, -0.15) is 0 Å². The summed E-state index contributed by atoms with van der Waals surface area (Å²) in [5.41, 5.74) is 9.41. The first-order chi connectivity index (χ1) is 20.8. The number of hydrogen-bond acceptors (Lipinski definition) is 9. The summed E-state index contributed by atoms with van der Waals surface area (Å²) < 4.78 is 7.03.